The molecule has 0 fully saturated rings. The molecule has 0 radical (unpaired) electrons. The van der Waals surface area contributed by atoms with Gasteiger partial charge in [-0.25, -0.2) is 4.98 Å². The molecule has 0 saturated carbocycles. The summed E-state index contributed by atoms with van der Waals surface area (Å²) in [6.45, 7) is 5.18. The van der Waals surface area contributed by atoms with E-state index in [1.807, 2.05) is 4.90 Å². The Labute approximate surface area is 100 Å². The highest BCUT2D eigenvalue weighted by Gasteiger charge is 2.10. The summed E-state index contributed by atoms with van der Waals surface area (Å²) in [6, 6.07) is 1.79. The highest BCUT2D eigenvalue weighted by atomic mass is 35.5. The van der Waals surface area contributed by atoms with E-state index < -0.39 is 0 Å². The van der Waals surface area contributed by atoms with Crippen LogP contribution in [0.15, 0.2) is 24.9 Å². The van der Waals surface area contributed by atoms with Crippen LogP contribution in [0.1, 0.15) is 5.56 Å². The summed E-state index contributed by atoms with van der Waals surface area (Å²) in [4.78, 5) is 6.10. The van der Waals surface area contributed by atoms with Crippen molar-refractivity contribution in [3.05, 3.63) is 35.5 Å². The first-order valence-electron chi connectivity index (χ1n) is 5.04. The van der Waals surface area contributed by atoms with Crippen LogP contribution in [0.25, 0.3) is 0 Å². The number of aliphatic hydroxyl groups is 1. The molecule has 0 atom stereocenters. The van der Waals surface area contributed by atoms with E-state index in [0.717, 1.165) is 5.56 Å². The van der Waals surface area contributed by atoms with Crippen LogP contribution in [0, 0.1) is 0 Å². The zero-order valence-corrected chi connectivity index (χ0v) is 9.82. The third-order valence-corrected chi connectivity index (χ3v) is 2.41. The molecule has 0 saturated heterocycles. The van der Waals surface area contributed by atoms with Crippen molar-refractivity contribution in [3.63, 3.8) is 0 Å². The average Bonchev–Trinajstić information content (AvgIpc) is 2.29. The molecule has 1 heterocycles. The number of pyridine rings is 1. The van der Waals surface area contributed by atoms with Crippen LogP contribution < -0.4 is 10.6 Å². The minimum atomic E-state index is 0.0461. The van der Waals surface area contributed by atoms with Crippen molar-refractivity contribution >= 4 is 17.4 Å². The molecular formula is C11H16ClN3O. The number of aliphatic hydroxyl groups excluding tert-OH is 1. The number of anilines is 1. The second kappa shape index (κ2) is 6.48. The van der Waals surface area contributed by atoms with Gasteiger partial charge in [0.25, 0.3) is 0 Å². The van der Waals surface area contributed by atoms with Crippen LogP contribution in [-0.2, 0) is 6.54 Å². The lowest BCUT2D eigenvalue weighted by molar-refractivity contribution is 0.302. The molecule has 0 amide bonds. The molecule has 1 aromatic heterocycles. The van der Waals surface area contributed by atoms with Crippen molar-refractivity contribution in [2.24, 2.45) is 5.73 Å². The van der Waals surface area contributed by atoms with Crippen LogP contribution in [0.4, 0.5) is 5.82 Å². The smallest absolute Gasteiger partial charge is 0.147 e. The van der Waals surface area contributed by atoms with Crippen molar-refractivity contribution < 1.29 is 5.11 Å². The number of hydrogen-bond acceptors (Lipinski definition) is 4. The molecule has 3 N–H and O–H groups in total. The van der Waals surface area contributed by atoms with Crippen LogP contribution >= 0.6 is 11.6 Å². The summed E-state index contributed by atoms with van der Waals surface area (Å²) >= 11 is 6.10. The third kappa shape index (κ3) is 3.20. The fraction of sp³-hybridized carbons (Fsp3) is 0.364. The van der Waals surface area contributed by atoms with Crippen molar-refractivity contribution in [2.45, 2.75) is 6.54 Å². The van der Waals surface area contributed by atoms with Gasteiger partial charge in [0.05, 0.1) is 11.6 Å². The highest BCUT2D eigenvalue weighted by molar-refractivity contribution is 6.33. The zero-order valence-electron chi connectivity index (χ0n) is 9.06. The fourth-order valence-electron chi connectivity index (χ4n) is 1.37. The van der Waals surface area contributed by atoms with Gasteiger partial charge >= 0.3 is 0 Å². The Morgan fingerprint density at radius 3 is 2.88 bits per heavy atom. The second-order valence-corrected chi connectivity index (χ2v) is 3.72. The molecular weight excluding hydrogens is 226 g/mol. The van der Waals surface area contributed by atoms with Crippen LogP contribution in [0.2, 0.25) is 5.02 Å². The second-order valence-electron chi connectivity index (χ2n) is 3.31. The minimum Gasteiger partial charge on any atom is -0.395 e. The van der Waals surface area contributed by atoms with Gasteiger partial charge in [0.2, 0.25) is 0 Å². The summed E-state index contributed by atoms with van der Waals surface area (Å²) in [5.74, 6) is 0.646. The predicted molar refractivity (Wildman–Crippen MR) is 66.6 cm³/mol. The van der Waals surface area contributed by atoms with Gasteiger partial charge in [0, 0.05) is 25.8 Å². The number of nitrogens with zero attached hydrogens (tertiary/aromatic N) is 2. The maximum atomic E-state index is 8.95. The molecule has 4 nitrogen and oxygen atoms in total. The largest absolute Gasteiger partial charge is 0.395 e. The molecule has 0 aliphatic rings. The van der Waals surface area contributed by atoms with Crippen molar-refractivity contribution in [2.75, 3.05) is 24.6 Å². The Balaban J connectivity index is 2.94. The first-order valence-corrected chi connectivity index (χ1v) is 5.42. The summed E-state index contributed by atoms with van der Waals surface area (Å²) in [7, 11) is 0. The maximum absolute atomic E-state index is 8.95. The molecule has 0 unspecified atom stereocenters. The van der Waals surface area contributed by atoms with E-state index in [1.54, 1.807) is 18.3 Å². The number of nitrogens with two attached hydrogens (primary N) is 1. The number of aromatic nitrogens is 1. The van der Waals surface area contributed by atoms with E-state index in [9.17, 15) is 0 Å². The van der Waals surface area contributed by atoms with Crippen molar-refractivity contribution in [3.8, 4) is 0 Å². The molecule has 0 aromatic carbocycles. The van der Waals surface area contributed by atoms with Gasteiger partial charge in [-0.2, -0.15) is 0 Å². The van der Waals surface area contributed by atoms with E-state index in [1.165, 1.54) is 0 Å². The molecule has 88 valence electrons. The van der Waals surface area contributed by atoms with Gasteiger partial charge in [-0.15, -0.1) is 6.58 Å². The maximum Gasteiger partial charge on any atom is 0.147 e. The molecule has 1 aromatic rings. The summed E-state index contributed by atoms with van der Waals surface area (Å²) in [6.07, 6.45) is 3.43. The average molecular weight is 242 g/mol. The van der Waals surface area contributed by atoms with Crippen molar-refractivity contribution in [1.82, 2.24) is 4.98 Å². The lowest BCUT2D eigenvalue weighted by atomic mass is 10.3. The monoisotopic (exact) mass is 241 g/mol. The lowest BCUT2D eigenvalue weighted by Crippen LogP contribution is -2.27. The lowest BCUT2D eigenvalue weighted by Gasteiger charge is -2.22. The van der Waals surface area contributed by atoms with E-state index in [2.05, 4.69) is 11.6 Å². The Morgan fingerprint density at radius 2 is 2.38 bits per heavy atom. The topological polar surface area (TPSA) is 62.4 Å². The quantitative estimate of drug-likeness (QED) is 0.735. The summed E-state index contributed by atoms with van der Waals surface area (Å²) < 4.78 is 0. The molecule has 0 aliphatic carbocycles. The summed E-state index contributed by atoms with van der Waals surface area (Å²) in [5.41, 5.74) is 6.38. The van der Waals surface area contributed by atoms with Gasteiger partial charge < -0.3 is 15.7 Å². The van der Waals surface area contributed by atoms with Crippen LogP contribution in [-0.4, -0.2) is 29.8 Å². The Hall–Kier alpha value is -1.10. The van der Waals surface area contributed by atoms with Crippen molar-refractivity contribution in [1.29, 1.82) is 0 Å². The van der Waals surface area contributed by atoms with Gasteiger partial charge in [0.15, 0.2) is 0 Å². The number of hydrogen-bond donors (Lipinski definition) is 2. The highest BCUT2D eigenvalue weighted by Crippen LogP contribution is 2.23. The SMILES string of the molecule is C=CCN(CCO)c1ncc(CN)cc1Cl. The Morgan fingerprint density at radius 1 is 1.62 bits per heavy atom. The fourth-order valence-corrected chi connectivity index (χ4v) is 1.68. The van der Waals surface area contributed by atoms with E-state index >= 15 is 0 Å². The van der Waals surface area contributed by atoms with Gasteiger partial charge in [0.1, 0.15) is 5.82 Å². The molecule has 0 aliphatic heterocycles. The Bertz CT molecular complexity index is 357. The minimum absolute atomic E-state index is 0.0461. The first-order chi connectivity index (χ1) is 7.72. The first kappa shape index (κ1) is 13.0. The Kier molecular flexibility index (Phi) is 5.25. The van der Waals surface area contributed by atoms with Gasteiger partial charge in [-0.3, -0.25) is 0 Å². The zero-order chi connectivity index (χ0) is 12.0. The van der Waals surface area contributed by atoms with E-state index in [-0.39, 0.29) is 6.61 Å². The molecule has 0 spiro atoms. The van der Waals surface area contributed by atoms with Gasteiger partial charge in [-0.05, 0) is 11.6 Å². The van der Waals surface area contributed by atoms with E-state index in [0.29, 0.717) is 30.5 Å². The van der Waals surface area contributed by atoms with Gasteiger partial charge in [-0.1, -0.05) is 17.7 Å². The molecule has 5 heteroatoms. The number of halogens is 1. The molecule has 16 heavy (non-hydrogen) atoms. The summed E-state index contributed by atoms with van der Waals surface area (Å²) in [5, 5.41) is 9.49. The van der Waals surface area contributed by atoms with E-state index in [4.69, 9.17) is 22.4 Å². The number of rotatable bonds is 6. The molecule has 1 rings (SSSR count). The predicted octanol–water partition coefficient (Wildman–Crippen LogP) is 1.18. The normalized spacial score (nSPS) is 10.2. The molecule has 0 bridgehead atoms. The van der Waals surface area contributed by atoms with Crippen LogP contribution in [0.3, 0.4) is 0 Å². The van der Waals surface area contributed by atoms with Crippen LogP contribution in [0.5, 0.6) is 0 Å². The third-order valence-electron chi connectivity index (χ3n) is 2.13. The standard InChI is InChI=1S/C11H16ClN3O/c1-2-3-15(4-5-16)11-10(12)6-9(7-13)8-14-11/h2,6,8,16H,1,3-5,7,13H2.